The fourth-order valence-electron chi connectivity index (χ4n) is 5.72. The van der Waals surface area contributed by atoms with E-state index in [1.165, 1.54) is 17.8 Å². The van der Waals surface area contributed by atoms with Gasteiger partial charge in [-0.15, -0.1) is 18.2 Å². The maximum atomic E-state index is 13.5. The van der Waals surface area contributed by atoms with Gasteiger partial charge in [0.15, 0.2) is 0 Å². The molecule has 7 aromatic rings. The van der Waals surface area contributed by atoms with Crippen molar-refractivity contribution < 1.29 is 33.0 Å². The fourth-order valence-corrected chi connectivity index (χ4v) is 9.05. The first-order chi connectivity index (χ1) is 23.8. The van der Waals surface area contributed by atoms with Gasteiger partial charge in [0.2, 0.25) is 11.7 Å². The van der Waals surface area contributed by atoms with Gasteiger partial charge in [-0.2, -0.15) is 9.37 Å². The Morgan fingerprint density at radius 3 is 2.33 bits per heavy atom. The van der Waals surface area contributed by atoms with Crippen LogP contribution in [-0.2, 0) is 26.5 Å². The van der Waals surface area contributed by atoms with Crippen LogP contribution in [0.2, 0.25) is 17.3 Å². The third-order valence-electron chi connectivity index (χ3n) is 7.92. The van der Waals surface area contributed by atoms with Crippen LogP contribution in [0.15, 0.2) is 108 Å². The Balaban J connectivity index is 0.000000211. The Labute approximate surface area is 302 Å². The number of nitrogens with zero attached hydrogens (tertiary/aromatic N) is 3. The number of aromatic nitrogens is 3. The molecule has 0 aliphatic heterocycles. The number of hydrogen-bond acceptors (Lipinski definition) is 4. The molecule has 0 atom stereocenters. The minimum atomic E-state index is -2.31. The van der Waals surface area contributed by atoms with Crippen molar-refractivity contribution in [2.45, 2.75) is 44.4 Å². The predicted octanol–water partition coefficient (Wildman–Crippen LogP) is 10.2. The standard InChI is InChI=1S/C23H14FN2O.C18H24GeN.Ir/c1-14-13-25-20(12-19(14)15-6-3-2-4-7-15)18-9-5-8-16-17-10-11-21(24)26-23(17)27-22(16)18;1-14(2)11-16-12-18(15-9-7-6-8-10-15)20-13-17(16)19(3,4)5;/h2-8,10-13H,1H3;6-9,12-14H,11H2,1-5H3;/q2*-1;/i1D3;;. The zero-order valence-electron chi connectivity index (χ0n) is 30.6. The van der Waals surface area contributed by atoms with Gasteiger partial charge in [-0.3, -0.25) is 0 Å². The number of pyridine rings is 3. The van der Waals surface area contributed by atoms with Gasteiger partial charge in [0.1, 0.15) is 0 Å². The monoisotopic (exact) mass is 877 g/mol. The maximum absolute atomic E-state index is 13.5. The van der Waals surface area contributed by atoms with Gasteiger partial charge in [0, 0.05) is 35.8 Å². The average Bonchev–Trinajstić information content (AvgIpc) is 3.45. The second-order valence-corrected chi connectivity index (χ2v) is 23.6. The number of halogens is 1. The molecule has 0 aliphatic rings. The molecule has 4 heterocycles. The quantitative estimate of drug-likeness (QED) is 0.0949. The van der Waals surface area contributed by atoms with Gasteiger partial charge in [-0.1, -0.05) is 47.3 Å². The van der Waals surface area contributed by atoms with E-state index in [1.807, 2.05) is 54.6 Å². The first kappa shape index (κ1) is 31.3. The molecule has 0 spiro atoms. The second kappa shape index (κ2) is 15.1. The van der Waals surface area contributed by atoms with Crippen LogP contribution in [0.1, 0.15) is 29.1 Å². The first-order valence-corrected chi connectivity index (χ1v) is 23.1. The fraction of sp³-hybridized carbons (Fsp3) is 0.195. The summed E-state index contributed by atoms with van der Waals surface area (Å²) in [6, 6.07) is 34.2. The molecule has 0 saturated heterocycles. The number of fused-ring (bicyclic) bond motifs is 3. The summed E-state index contributed by atoms with van der Waals surface area (Å²) in [5.74, 6) is 7.37. The molecule has 48 heavy (non-hydrogen) atoms. The Bertz CT molecular complexity index is 2270. The van der Waals surface area contributed by atoms with Crippen molar-refractivity contribution in [2.75, 3.05) is 0 Å². The van der Waals surface area contributed by atoms with Crippen molar-refractivity contribution >= 4 is 39.7 Å². The molecule has 0 aliphatic carbocycles. The van der Waals surface area contributed by atoms with Crippen LogP contribution in [0.3, 0.4) is 0 Å². The molecule has 0 N–H and O–H groups in total. The zero-order chi connectivity index (χ0) is 35.6. The molecular formula is C41H38FGeIrN3O-2. The molecule has 0 fully saturated rings. The predicted molar refractivity (Wildman–Crippen MR) is 194 cm³/mol. The van der Waals surface area contributed by atoms with Crippen LogP contribution < -0.4 is 4.40 Å². The molecule has 4 aromatic heterocycles. The molecule has 245 valence electrons. The maximum Gasteiger partial charge on any atom is 0.218 e. The van der Waals surface area contributed by atoms with Gasteiger partial charge < -0.3 is 9.40 Å². The van der Waals surface area contributed by atoms with E-state index in [0.717, 1.165) is 28.6 Å². The molecule has 4 nitrogen and oxygen atoms in total. The number of benzene rings is 3. The number of hydrogen-bond donors (Lipinski definition) is 0. The third kappa shape index (κ3) is 7.84. The van der Waals surface area contributed by atoms with Crippen molar-refractivity contribution in [1.29, 1.82) is 0 Å². The molecule has 7 rings (SSSR count). The van der Waals surface area contributed by atoms with Crippen LogP contribution in [-0.4, -0.2) is 28.2 Å². The second-order valence-electron chi connectivity index (χ2n) is 13.0. The van der Waals surface area contributed by atoms with E-state index in [-0.39, 0.29) is 31.4 Å². The molecule has 0 unspecified atom stereocenters. The summed E-state index contributed by atoms with van der Waals surface area (Å²) in [5.41, 5.74) is 6.85. The molecule has 0 bridgehead atoms. The summed E-state index contributed by atoms with van der Waals surface area (Å²) < 4.78 is 44.6. The van der Waals surface area contributed by atoms with Crippen LogP contribution in [0.4, 0.5) is 4.39 Å². The number of aryl methyl sites for hydroxylation is 1. The van der Waals surface area contributed by atoms with E-state index in [4.69, 9.17) is 13.5 Å². The summed E-state index contributed by atoms with van der Waals surface area (Å²) in [5, 5.41) is 1.44. The number of furan rings is 1. The van der Waals surface area contributed by atoms with Crippen molar-refractivity contribution in [3.63, 3.8) is 0 Å². The van der Waals surface area contributed by atoms with E-state index >= 15 is 0 Å². The SMILES string of the molecule is CC(C)Cc1cc(-c2[c-]cccc2)nc[c]1[Ge]([CH3])([CH3])[CH3].[2H]C([2H])([2H])c1cnc(-c2[c-]ccc3c2oc2nc(F)ccc23)cc1-c1ccccc1.[Ir]. The Hall–Kier alpha value is -3.97. The van der Waals surface area contributed by atoms with Gasteiger partial charge in [-0.25, -0.2) is 0 Å². The van der Waals surface area contributed by atoms with Crippen LogP contribution in [0, 0.1) is 30.9 Å². The van der Waals surface area contributed by atoms with E-state index in [1.54, 1.807) is 22.6 Å². The molecular weight excluding hydrogens is 834 g/mol. The van der Waals surface area contributed by atoms with E-state index in [2.05, 4.69) is 71.5 Å². The summed E-state index contributed by atoms with van der Waals surface area (Å²) in [4.78, 5) is 12.9. The smallest absolute Gasteiger partial charge is 0.218 e. The summed E-state index contributed by atoms with van der Waals surface area (Å²) in [6.45, 7) is 2.26. The van der Waals surface area contributed by atoms with Crippen molar-refractivity contribution in [3.8, 4) is 33.6 Å². The average molecular weight is 876 g/mol. The Morgan fingerprint density at radius 1 is 0.854 bits per heavy atom. The molecule has 3 aromatic carbocycles. The zero-order valence-corrected chi connectivity index (χ0v) is 32.1. The van der Waals surface area contributed by atoms with Gasteiger partial charge in [0.05, 0.1) is 5.58 Å². The molecule has 1 radical (unpaired) electrons. The largest absolute Gasteiger partial charge is 0.486 e. The van der Waals surface area contributed by atoms with Crippen molar-refractivity contribution in [2.24, 2.45) is 5.92 Å². The molecule has 0 saturated carbocycles. The normalized spacial score (nSPS) is 12.5. The van der Waals surface area contributed by atoms with E-state index < -0.39 is 26.1 Å². The number of rotatable bonds is 6. The van der Waals surface area contributed by atoms with Crippen LogP contribution >= 0.6 is 0 Å². The summed E-state index contributed by atoms with van der Waals surface area (Å²) in [7, 11) is 0. The van der Waals surface area contributed by atoms with Crippen molar-refractivity contribution in [3.05, 3.63) is 133 Å². The summed E-state index contributed by atoms with van der Waals surface area (Å²) >= 11 is -1.86. The topological polar surface area (TPSA) is 51.8 Å². The van der Waals surface area contributed by atoms with Gasteiger partial charge in [-0.05, 0) is 41.4 Å². The molecule has 0 amide bonds. The van der Waals surface area contributed by atoms with Crippen LogP contribution in [0.5, 0.6) is 0 Å². The van der Waals surface area contributed by atoms with E-state index in [9.17, 15) is 4.39 Å². The van der Waals surface area contributed by atoms with Crippen molar-refractivity contribution in [1.82, 2.24) is 15.0 Å². The molecule has 7 heteroatoms. The van der Waals surface area contributed by atoms with Crippen LogP contribution in [0.25, 0.3) is 55.7 Å². The van der Waals surface area contributed by atoms with E-state index in [0.29, 0.717) is 33.7 Å². The minimum absolute atomic E-state index is 0. The minimum Gasteiger partial charge on any atom is -0.486 e. The van der Waals surface area contributed by atoms with Gasteiger partial charge >= 0.3 is 126 Å². The Kier molecular flexibility index (Phi) is 9.83. The summed E-state index contributed by atoms with van der Waals surface area (Å²) in [6.07, 6.45) is 4.64. The third-order valence-corrected chi connectivity index (χ3v) is 12.3. The first-order valence-electron chi connectivity index (χ1n) is 17.2. The Morgan fingerprint density at radius 2 is 1.62 bits per heavy atom. The van der Waals surface area contributed by atoms with Gasteiger partial charge in [0.25, 0.3) is 0 Å².